The largest absolute Gasteiger partial charge is 0.358 e. The molecule has 1 aliphatic heterocycles. The first kappa shape index (κ1) is 12.6. The molecule has 1 aliphatic rings. The van der Waals surface area contributed by atoms with E-state index in [1.807, 2.05) is 38.1 Å². The normalized spacial score (nSPS) is 19.6. The quantitative estimate of drug-likeness (QED) is 0.824. The number of nitrogens with one attached hydrogen (secondary N) is 1. The molecule has 18 heavy (non-hydrogen) atoms. The van der Waals surface area contributed by atoms with Crippen LogP contribution < -0.4 is 10.2 Å². The van der Waals surface area contributed by atoms with Crippen molar-refractivity contribution in [2.24, 2.45) is 0 Å². The highest BCUT2D eigenvalue weighted by Crippen LogP contribution is 2.19. The first-order valence-corrected chi connectivity index (χ1v) is 6.31. The van der Waals surface area contributed by atoms with Crippen LogP contribution in [-0.2, 0) is 4.79 Å². The molecule has 1 atom stereocenters. The Balaban J connectivity index is 2.18. The molecule has 0 spiro atoms. The van der Waals surface area contributed by atoms with Crippen LogP contribution >= 0.6 is 0 Å². The third kappa shape index (κ3) is 2.37. The van der Waals surface area contributed by atoms with Crippen LogP contribution in [0, 0.1) is 0 Å². The number of carbonyl (C=O) groups is 2. The monoisotopic (exact) mass is 246 g/mol. The van der Waals surface area contributed by atoms with Gasteiger partial charge in [0.25, 0.3) is 0 Å². The van der Waals surface area contributed by atoms with Crippen LogP contribution in [0.15, 0.2) is 24.3 Å². The Hall–Kier alpha value is -1.84. The topological polar surface area (TPSA) is 49.4 Å². The smallest absolute Gasteiger partial charge is 0.242 e. The van der Waals surface area contributed by atoms with E-state index in [0.29, 0.717) is 13.0 Å². The second kappa shape index (κ2) is 5.21. The van der Waals surface area contributed by atoms with Crippen molar-refractivity contribution in [3.8, 4) is 0 Å². The van der Waals surface area contributed by atoms with Gasteiger partial charge in [0.2, 0.25) is 5.91 Å². The molecule has 1 amide bonds. The summed E-state index contributed by atoms with van der Waals surface area (Å²) in [6.45, 7) is 5.21. The Morgan fingerprint density at radius 2 is 2.06 bits per heavy atom. The lowest BCUT2D eigenvalue weighted by atomic mass is 10.1. The van der Waals surface area contributed by atoms with Crippen molar-refractivity contribution < 1.29 is 9.59 Å². The average Bonchev–Trinajstić information content (AvgIpc) is 2.41. The fraction of sp³-hybridized carbons (Fsp3) is 0.429. The van der Waals surface area contributed by atoms with Crippen LogP contribution in [0.5, 0.6) is 0 Å². The number of nitrogens with zero attached hydrogens (tertiary/aromatic N) is 1. The van der Waals surface area contributed by atoms with E-state index in [0.717, 1.165) is 17.8 Å². The van der Waals surface area contributed by atoms with Crippen molar-refractivity contribution >= 4 is 17.4 Å². The summed E-state index contributed by atoms with van der Waals surface area (Å²) in [5.41, 5.74) is 1.72. The van der Waals surface area contributed by atoms with Crippen molar-refractivity contribution in [1.29, 1.82) is 0 Å². The van der Waals surface area contributed by atoms with Crippen LogP contribution in [0.4, 0.5) is 5.69 Å². The van der Waals surface area contributed by atoms with Crippen LogP contribution in [0.1, 0.15) is 30.6 Å². The summed E-state index contributed by atoms with van der Waals surface area (Å²) in [6, 6.07) is 7.34. The van der Waals surface area contributed by atoms with Gasteiger partial charge in [0.15, 0.2) is 5.78 Å². The maximum absolute atomic E-state index is 11.6. The summed E-state index contributed by atoms with van der Waals surface area (Å²) in [7, 11) is 0. The van der Waals surface area contributed by atoms with Gasteiger partial charge in [-0.3, -0.25) is 9.59 Å². The zero-order valence-electron chi connectivity index (χ0n) is 10.8. The van der Waals surface area contributed by atoms with E-state index in [-0.39, 0.29) is 17.7 Å². The van der Waals surface area contributed by atoms with Gasteiger partial charge >= 0.3 is 0 Å². The minimum Gasteiger partial charge on any atom is -0.358 e. The molecule has 1 N–H and O–H groups in total. The minimum absolute atomic E-state index is 0.0509. The highest BCUT2D eigenvalue weighted by molar-refractivity contribution is 5.96. The zero-order chi connectivity index (χ0) is 13.1. The summed E-state index contributed by atoms with van der Waals surface area (Å²) in [6.07, 6.45) is 0.516. The Kier molecular flexibility index (Phi) is 3.65. The van der Waals surface area contributed by atoms with Gasteiger partial charge in [0, 0.05) is 30.8 Å². The molecule has 0 saturated carbocycles. The fourth-order valence-electron chi connectivity index (χ4n) is 2.18. The van der Waals surface area contributed by atoms with E-state index >= 15 is 0 Å². The molecule has 1 aromatic rings. The van der Waals surface area contributed by atoms with Gasteiger partial charge < -0.3 is 10.2 Å². The van der Waals surface area contributed by atoms with Gasteiger partial charge in [-0.1, -0.05) is 6.92 Å². The highest BCUT2D eigenvalue weighted by Gasteiger charge is 2.25. The average molecular weight is 246 g/mol. The zero-order valence-corrected chi connectivity index (χ0v) is 10.8. The number of rotatable bonds is 3. The van der Waals surface area contributed by atoms with Crippen LogP contribution in [0.2, 0.25) is 0 Å². The van der Waals surface area contributed by atoms with Gasteiger partial charge in [-0.2, -0.15) is 0 Å². The molecule has 1 heterocycles. The Morgan fingerprint density at radius 1 is 1.39 bits per heavy atom. The molecule has 4 heteroatoms. The predicted molar refractivity (Wildman–Crippen MR) is 70.9 cm³/mol. The predicted octanol–water partition coefficient (Wildman–Crippen LogP) is 1.60. The van der Waals surface area contributed by atoms with Crippen molar-refractivity contribution in [2.75, 3.05) is 18.0 Å². The standard InChI is InChI=1S/C14H18N2O2/c1-3-13(17)11-4-6-12(7-5-11)16-9-8-15-14(18)10(16)2/h4-7,10H,3,8-9H2,1-2H3,(H,15,18). The maximum Gasteiger partial charge on any atom is 0.242 e. The fourth-order valence-corrected chi connectivity index (χ4v) is 2.18. The maximum atomic E-state index is 11.6. The molecule has 0 aliphatic carbocycles. The lowest BCUT2D eigenvalue weighted by molar-refractivity contribution is -0.122. The van der Waals surface area contributed by atoms with E-state index in [1.165, 1.54) is 0 Å². The lowest BCUT2D eigenvalue weighted by Crippen LogP contribution is -2.54. The number of amides is 1. The SMILES string of the molecule is CCC(=O)c1ccc(N2CCNC(=O)C2C)cc1. The highest BCUT2D eigenvalue weighted by atomic mass is 16.2. The summed E-state index contributed by atoms with van der Waals surface area (Å²) < 4.78 is 0. The van der Waals surface area contributed by atoms with Crippen LogP contribution in [-0.4, -0.2) is 30.8 Å². The minimum atomic E-state index is -0.161. The van der Waals surface area contributed by atoms with Crippen molar-refractivity contribution in [3.05, 3.63) is 29.8 Å². The van der Waals surface area contributed by atoms with Crippen LogP contribution in [0.3, 0.4) is 0 Å². The van der Waals surface area contributed by atoms with Crippen molar-refractivity contribution in [1.82, 2.24) is 5.32 Å². The Bertz CT molecular complexity index is 453. The third-order valence-electron chi connectivity index (χ3n) is 3.34. The summed E-state index contributed by atoms with van der Waals surface area (Å²) >= 11 is 0. The molecule has 0 bridgehead atoms. The number of carbonyl (C=O) groups excluding carboxylic acids is 2. The molecule has 96 valence electrons. The van der Waals surface area contributed by atoms with Gasteiger partial charge in [0.05, 0.1) is 0 Å². The second-order valence-corrected chi connectivity index (χ2v) is 4.48. The number of hydrogen-bond acceptors (Lipinski definition) is 3. The number of hydrogen-bond donors (Lipinski definition) is 1. The molecule has 2 rings (SSSR count). The number of benzene rings is 1. The van der Waals surface area contributed by atoms with E-state index < -0.39 is 0 Å². The van der Waals surface area contributed by atoms with Crippen LogP contribution in [0.25, 0.3) is 0 Å². The third-order valence-corrected chi connectivity index (χ3v) is 3.34. The summed E-state index contributed by atoms with van der Waals surface area (Å²) in [5, 5.41) is 2.84. The number of ketones is 1. The molecule has 4 nitrogen and oxygen atoms in total. The van der Waals surface area contributed by atoms with Gasteiger partial charge in [-0.05, 0) is 31.2 Å². The van der Waals surface area contributed by atoms with E-state index in [1.54, 1.807) is 0 Å². The van der Waals surface area contributed by atoms with E-state index in [9.17, 15) is 9.59 Å². The van der Waals surface area contributed by atoms with Crippen molar-refractivity contribution in [3.63, 3.8) is 0 Å². The van der Waals surface area contributed by atoms with Gasteiger partial charge in [0.1, 0.15) is 6.04 Å². The molecule has 1 aromatic carbocycles. The Labute approximate surface area is 107 Å². The number of piperazine rings is 1. The van der Waals surface area contributed by atoms with Crippen molar-refractivity contribution in [2.45, 2.75) is 26.3 Å². The summed E-state index contributed by atoms with van der Waals surface area (Å²) in [4.78, 5) is 25.2. The van der Waals surface area contributed by atoms with E-state index in [4.69, 9.17) is 0 Å². The Morgan fingerprint density at radius 3 is 2.67 bits per heavy atom. The molecular weight excluding hydrogens is 228 g/mol. The second-order valence-electron chi connectivity index (χ2n) is 4.48. The number of anilines is 1. The first-order chi connectivity index (χ1) is 8.63. The first-order valence-electron chi connectivity index (χ1n) is 6.31. The van der Waals surface area contributed by atoms with Gasteiger partial charge in [-0.25, -0.2) is 0 Å². The molecule has 0 aromatic heterocycles. The number of Topliss-reactive ketones (excluding diaryl/α,β-unsaturated/α-hetero) is 1. The summed E-state index contributed by atoms with van der Waals surface area (Å²) in [5.74, 6) is 0.195. The molecule has 1 fully saturated rings. The lowest BCUT2D eigenvalue weighted by Gasteiger charge is -2.34. The molecular formula is C14H18N2O2. The molecule has 1 saturated heterocycles. The molecule has 0 radical (unpaired) electrons. The van der Waals surface area contributed by atoms with Gasteiger partial charge in [-0.15, -0.1) is 0 Å². The molecule has 1 unspecified atom stereocenters. The van der Waals surface area contributed by atoms with E-state index in [2.05, 4.69) is 10.2 Å².